The second kappa shape index (κ2) is 5.50. The third-order valence-electron chi connectivity index (χ3n) is 1.91. The van der Waals surface area contributed by atoms with E-state index in [9.17, 15) is 0 Å². The van der Waals surface area contributed by atoms with Crippen LogP contribution >= 0.6 is 0 Å². The molecule has 1 rings (SSSR count). The van der Waals surface area contributed by atoms with Gasteiger partial charge in [-0.2, -0.15) is 0 Å². The summed E-state index contributed by atoms with van der Waals surface area (Å²) in [6.45, 7) is 2.07. The van der Waals surface area contributed by atoms with Gasteiger partial charge < -0.3 is 14.6 Å². The van der Waals surface area contributed by atoms with Crippen molar-refractivity contribution in [2.24, 2.45) is 0 Å². The Hall–Kier alpha value is -1.22. The second-order valence-electron chi connectivity index (χ2n) is 3.12. The van der Waals surface area contributed by atoms with Gasteiger partial charge in [-0.05, 0) is 19.1 Å². The van der Waals surface area contributed by atoms with Crippen LogP contribution in [0.15, 0.2) is 24.3 Å². The number of benzene rings is 1. The van der Waals surface area contributed by atoms with Crippen LogP contribution < -0.4 is 9.47 Å². The van der Waals surface area contributed by atoms with E-state index in [2.05, 4.69) is 0 Å². The molecule has 0 amide bonds. The highest BCUT2D eigenvalue weighted by atomic mass is 16.5. The number of ether oxygens (including phenoxy) is 2. The van der Waals surface area contributed by atoms with Gasteiger partial charge in [0.15, 0.2) is 0 Å². The average molecular weight is 196 g/mol. The van der Waals surface area contributed by atoms with E-state index < -0.39 is 0 Å². The van der Waals surface area contributed by atoms with Gasteiger partial charge in [0, 0.05) is 19.1 Å². The highest BCUT2D eigenvalue weighted by molar-refractivity contribution is 5.32. The van der Waals surface area contributed by atoms with Gasteiger partial charge in [-0.15, -0.1) is 0 Å². The maximum atomic E-state index is 8.71. The summed E-state index contributed by atoms with van der Waals surface area (Å²) in [6.07, 6.45) is 0.657. The zero-order valence-corrected chi connectivity index (χ0v) is 8.56. The Morgan fingerprint density at radius 1 is 1.36 bits per heavy atom. The van der Waals surface area contributed by atoms with Crippen molar-refractivity contribution in [1.82, 2.24) is 0 Å². The van der Waals surface area contributed by atoms with Crippen molar-refractivity contribution in [3.05, 3.63) is 24.3 Å². The fraction of sp³-hybridized carbons (Fsp3) is 0.455. The van der Waals surface area contributed by atoms with Crippen LogP contribution in [0.1, 0.15) is 13.3 Å². The molecule has 1 aromatic carbocycles. The summed E-state index contributed by atoms with van der Waals surface area (Å²) in [6, 6.07) is 7.44. The summed E-state index contributed by atoms with van der Waals surface area (Å²) in [5.41, 5.74) is 0. The van der Waals surface area contributed by atoms with Crippen LogP contribution in [0.2, 0.25) is 0 Å². The van der Waals surface area contributed by atoms with E-state index in [0.29, 0.717) is 6.42 Å². The molecule has 0 aliphatic heterocycles. The summed E-state index contributed by atoms with van der Waals surface area (Å²) in [5, 5.41) is 8.71. The molecule has 0 spiro atoms. The van der Waals surface area contributed by atoms with Gasteiger partial charge in [0.2, 0.25) is 0 Å². The minimum absolute atomic E-state index is 0.0205. The minimum Gasteiger partial charge on any atom is -0.497 e. The summed E-state index contributed by atoms with van der Waals surface area (Å²) >= 11 is 0. The molecule has 0 radical (unpaired) electrons. The van der Waals surface area contributed by atoms with Crippen LogP contribution in [-0.4, -0.2) is 24.9 Å². The highest BCUT2D eigenvalue weighted by Crippen LogP contribution is 2.20. The van der Waals surface area contributed by atoms with E-state index in [1.807, 2.05) is 31.2 Å². The number of aliphatic hydroxyl groups excluding tert-OH is 1. The summed E-state index contributed by atoms with van der Waals surface area (Å²) in [4.78, 5) is 0. The Morgan fingerprint density at radius 2 is 2.07 bits per heavy atom. The molecule has 0 heterocycles. The van der Waals surface area contributed by atoms with E-state index >= 15 is 0 Å². The largest absolute Gasteiger partial charge is 0.497 e. The van der Waals surface area contributed by atoms with Crippen LogP contribution in [-0.2, 0) is 0 Å². The Labute approximate surface area is 84.3 Å². The van der Waals surface area contributed by atoms with Gasteiger partial charge in [0.05, 0.1) is 13.2 Å². The Morgan fingerprint density at radius 3 is 2.71 bits per heavy atom. The first-order chi connectivity index (χ1) is 6.76. The zero-order valence-electron chi connectivity index (χ0n) is 8.56. The van der Waals surface area contributed by atoms with Crippen molar-refractivity contribution in [1.29, 1.82) is 0 Å². The smallest absolute Gasteiger partial charge is 0.123 e. The molecule has 0 saturated heterocycles. The lowest BCUT2D eigenvalue weighted by molar-refractivity contribution is 0.168. The fourth-order valence-electron chi connectivity index (χ4n) is 1.15. The Bertz CT molecular complexity index is 273. The van der Waals surface area contributed by atoms with Gasteiger partial charge in [-0.1, -0.05) is 6.07 Å². The first-order valence-electron chi connectivity index (χ1n) is 4.68. The third kappa shape index (κ3) is 3.26. The molecule has 0 fully saturated rings. The molecule has 0 saturated carbocycles. The minimum atomic E-state index is 0.0205. The van der Waals surface area contributed by atoms with E-state index in [0.717, 1.165) is 11.5 Å². The van der Waals surface area contributed by atoms with Crippen LogP contribution in [0.25, 0.3) is 0 Å². The van der Waals surface area contributed by atoms with Crippen LogP contribution in [0, 0.1) is 0 Å². The topological polar surface area (TPSA) is 38.7 Å². The number of hydrogen-bond donors (Lipinski definition) is 1. The molecule has 14 heavy (non-hydrogen) atoms. The quantitative estimate of drug-likeness (QED) is 0.781. The Balaban J connectivity index is 2.57. The average Bonchev–Trinajstić information content (AvgIpc) is 2.18. The van der Waals surface area contributed by atoms with Crippen molar-refractivity contribution in [3.8, 4) is 11.5 Å². The molecule has 1 aromatic rings. The van der Waals surface area contributed by atoms with Crippen molar-refractivity contribution in [2.75, 3.05) is 13.7 Å². The van der Waals surface area contributed by atoms with Crippen molar-refractivity contribution < 1.29 is 14.6 Å². The molecule has 3 nitrogen and oxygen atoms in total. The number of rotatable bonds is 5. The lowest BCUT2D eigenvalue weighted by atomic mass is 10.3. The maximum Gasteiger partial charge on any atom is 0.123 e. The monoisotopic (exact) mass is 196 g/mol. The van der Waals surface area contributed by atoms with Crippen molar-refractivity contribution in [2.45, 2.75) is 19.4 Å². The van der Waals surface area contributed by atoms with E-state index in [-0.39, 0.29) is 12.7 Å². The first kappa shape index (κ1) is 10.9. The van der Waals surface area contributed by atoms with Gasteiger partial charge in [0.1, 0.15) is 11.5 Å². The summed E-state index contributed by atoms with van der Waals surface area (Å²) < 4.78 is 10.6. The fourth-order valence-corrected chi connectivity index (χ4v) is 1.15. The number of methoxy groups -OCH3 is 1. The van der Waals surface area contributed by atoms with Crippen molar-refractivity contribution in [3.63, 3.8) is 0 Å². The summed E-state index contributed by atoms with van der Waals surface area (Å²) in [7, 11) is 1.62. The number of hydrogen-bond acceptors (Lipinski definition) is 3. The molecular formula is C11H16O3. The normalized spacial score (nSPS) is 12.2. The molecule has 0 aliphatic carbocycles. The van der Waals surface area contributed by atoms with Gasteiger partial charge in [-0.25, -0.2) is 0 Å². The number of aliphatic hydroxyl groups is 1. The predicted molar refractivity (Wildman–Crippen MR) is 54.8 cm³/mol. The van der Waals surface area contributed by atoms with Crippen LogP contribution in [0.5, 0.6) is 11.5 Å². The lowest BCUT2D eigenvalue weighted by Crippen LogP contribution is -2.13. The molecule has 1 N–H and O–H groups in total. The van der Waals surface area contributed by atoms with Crippen molar-refractivity contribution >= 4 is 0 Å². The molecule has 3 heteroatoms. The summed E-state index contributed by atoms with van der Waals surface area (Å²) in [5.74, 6) is 1.55. The SMILES string of the molecule is COc1cccc(OC(C)CCO)c1. The highest BCUT2D eigenvalue weighted by Gasteiger charge is 2.03. The first-order valence-corrected chi connectivity index (χ1v) is 4.68. The molecule has 0 aliphatic rings. The van der Waals surface area contributed by atoms with Crippen LogP contribution in [0.4, 0.5) is 0 Å². The van der Waals surface area contributed by atoms with E-state index in [4.69, 9.17) is 14.6 Å². The van der Waals surface area contributed by atoms with Gasteiger partial charge >= 0.3 is 0 Å². The van der Waals surface area contributed by atoms with Gasteiger partial charge in [0.25, 0.3) is 0 Å². The molecular weight excluding hydrogens is 180 g/mol. The Kier molecular flexibility index (Phi) is 4.26. The molecule has 0 bridgehead atoms. The van der Waals surface area contributed by atoms with E-state index in [1.54, 1.807) is 7.11 Å². The van der Waals surface area contributed by atoms with Gasteiger partial charge in [-0.3, -0.25) is 0 Å². The lowest BCUT2D eigenvalue weighted by Gasteiger charge is -2.13. The molecule has 1 unspecified atom stereocenters. The molecule has 1 atom stereocenters. The zero-order chi connectivity index (χ0) is 10.4. The molecule has 0 aromatic heterocycles. The predicted octanol–water partition coefficient (Wildman–Crippen LogP) is 1.84. The second-order valence-corrected chi connectivity index (χ2v) is 3.12. The van der Waals surface area contributed by atoms with Crippen LogP contribution in [0.3, 0.4) is 0 Å². The standard InChI is InChI=1S/C11H16O3/c1-9(6-7-12)14-11-5-3-4-10(8-11)13-2/h3-5,8-9,12H,6-7H2,1-2H3. The third-order valence-corrected chi connectivity index (χ3v) is 1.91. The maximum absolute atomic E-state index is 8.71. The molecule has 78 valence electrons. The van der Waals surface area contributed by atoms with E-state index in [1.165, 1.54) is 0 Å².